The third-order valence-corrected chi connectivity index (χ3v) is 7.16. The second-order valence-electron chi connectivity index (χ2n) is 9.45. The Hall–Kier alpha value is -3.98. The minimum Gasteiger partial charge on any atom is -0.367 e. The first-order valence-electron chi connectivity index (χ1n) is 12.6. The number of piperazine rings is 1. The molecule has 1 atom stereocenters. The van der Waals surface area contributed by atoms with Crippen molar-refractivity contribution in [2.45, 2.75) is 25.3 Å². The lowest BCUT2D eigenvalue weighted by Crippen LogP contribution is -2.50. The third-order valence-electron chi connectivity index (χ3n) is 7.16. The van der Waals surface area contributed by atoms with Crippen LogP contribution in [0.5, 0.6) is 0 Å². The van der Waals surface area contributed by atoms with Crippen LogP contribution < -0.4 is 10.2 Å². The summed E-state index contributed by atoms with van der Waals surface area (Å²) in [6, 6.07) is 10.7. The number of aromatic amines is 2. The zero-order chi connectivity index (χ0) is 24.3. The van der Waals surface area contributed by atoms with E-state index in [4.69, 9.17) is 0 Å². The Labute approximate surface area is 209 Å². The number of carbonyl (C=O) groups excluding carboxylic acids is 1. The molecule has 0 spiro atoms. The van der Waals surface area contributed by atoms with E-state index in [9.17, 15) is 4.79 Å². The number of aromatic nitrogens is 5. The van der Waals surface area contributed by atoms with E-state index in [1.807, 2.05) is 47.6 Å². The van der Waals surface area contributed by atoms with Gasteiger partial charge in [-0.15, -0.1) is 0 Å². The van der Waals surface area contributed by atoms with Crippen LogP contribution in [0, 0.1) is 0 Å². The van der Waals surface area contributed by atoms with Gasteiger partial charge in [-0.25, -0.2) is 4.98 Å². The molecule has 0 aliphatic carbocycles. The maximum atomic E-state index is 12.9. The smallest absolute Gasteiger partial charge is 0.224 e. The van der Waals surface area contributed by atoms with Crippen molar-refractivity contribution in [2.75, 3.05) is 37.6 Å². The highest BCUT2D eigenvalue weighted by Crippen LogP contribution is 2.38. The van der Waals surface area contributed by atoms with Crippen molar-refractivity contribution in [3.8, 4) is 11.1 Å². The maximum absolute atomic E-state index is 12.9. The SMILES string of the molecule is O=C(C[C@@H]1CCCN1)N1CCN(c2c(-c3ccccc3)cnc3n[nH]c(/C=C\c4cn[nH]c4)c23)CC1. The monoisotopic (exact) mass is 482 g/mol. The van der Waals surface area contributed by atoms with Gasteiger partial charge in [0.05, 0.1) is 23.0 Å². The van der Waals surface area contributed by atoms with Gasteiger partial charge in [-0.2, -0.15) is 10.2 Å². The lowest BCUT2D eigenvalue weighted by atomic mass is 10.0. The zero-order valence-corrected chi connectivity index (χ0v) is 20.2. The van der Waals surface area contributed by atoms with E-state index in [2.05, 4.69) is 47.7 Å². The van der Waals surface area contributed by atoms with Crippen molar-refractivity contribution in [1.29, 1.82) is 0 Å². The Morgan fingerprint density at radius 2 is 1.94 bits per heavy atom. The Morgan fingerprint density at radius 3 is 2.69 bits per heavy atom. The second-order valence-corrected chi connectivity index (χ2v) is 9.45. The molecule has 36 heavy (non-hydrogen) atoms. The van der Waals surface area contributed by atoms with Gasteiger partial charge in [0.1, 0.15) is 0 Å². The highest BCUT2D eigenvalue weighted by molar-refractivity contribution is 6.03. The number of hydrogen-bond donors (Lipinski definition) is 3. The van der Waals surface area contributed by atoms with E-state index in [1.54, 1.807) is 6.20 Å². The summed E-state index contributed by atoms with van der Waals surface area (Å²) in [6.07, 6.45) is 12.4. The van der Waals surface area contributed by atoms with E-state index >= 15 is 0 Å². The van der Waals surface area contributed by atoms with E-state index in [1.165, 1.54) is 0 Å². The number of H-pyrrole nitrogens is 2. The Morgan fingerprint density at radius 1 is 1.08 bits per heavy atom. The topological polar surface area (TPSA) is 106 Å². The third kappa shape index (κ3) is 4.49. The van der Waals surface area contributed by atoms with Crippen LogP contribution in [0.25, 0.3) is 34.3 Å². The number of nitrogens with zero attached hydrogens (tertiary/aromatic N) is 5. The van der Waals surface area contributed by atoms with Crippen LogP contribution in [-0.2, 0) is 4.79 Å². The fourth-order valence-electron chi connectivity index (χ4n) is 5.25. The molecule has 0 saturated carbocycles. The number of rotatable bonds is 6. The van der Waals surface area contributed by atoms with Gasteiger partial charge in [0.2, 0.25) is 5.91 Å². The summed E-state index contributed by atoms with van der Waals surface area (Å²) >= 11 is 0. The van der Waals surface area contributed by atoms with Crippen molar-refractivity contribution < 1.29 is 4.79 Å². The van der Waals surface area contributed by atoms with Gasteiger partial charge < -0.3 is 15.1 Å². The van der Waals surface area contributed by atoms with Crippen LogP contribution >= 0.6 is 0 Å². The summed E-state index contributed by atoms with van der Waals surface area (Å²) in [6.45, 7) is 3.97. The number of benzene rings is 1. The molecular formula is C27H30N8O. The van der Waals surface area contributed by atoms with E-state index < -0.39 is 0 Å². The molecule has 9 nitrogen and oxygen atoms in total. The number of carbonyl (C=O) groups is 1. The molecule has 6 rings (SSSR count). The Kier molecular flexibility index (Phi) is 6.21. The standard InChI is InChI=1S/C27H30N8O/c36-24(15-21-7-4-10-28-21)34-11-13-35(14-12-34)26-22(20-5-2-1-3-6-20)18-29-27-25(26)23(32-33-27)9-8-19-16-30-31-17-19/h1-3,5-6,8-9,16-18,21,28H,4,7,10-15H2,(H,30,31)(H,29,32,33)/b9-8-/t21-/m0/s1. The fraction of sp³-hybridized carbons (Fsp3) is 0.333. The normalized spacial score (nSPS) is 18.5. The average Bonchev–Trinajstić information content (AvgIpc) is 3.70. The van der Waals surface area contributed by atoms with Crippen molar-refractivity contribution >= 4 is 34.8 Å². The van der Waals surface area contributed by atoms with E-state index in [-0.39, 0.29) is 5.91 Å². The molecule has 1 aromatic carbocycles. The molecular weight excluding hydrogens is 452 g/mol. The summed E-state index contributed by atoms with van der Waals surface area (Å²) in [5.74, 6) is 0.254. The number of nitrogens with one attached hydrogen (secondary N) is 3. The molecule has 2 saturated heterocycles. The van der Waals surface area contributed by atoms with Crippen LogP contribution in [-0.4, -0.2) is 75.0 Å². The molecule has 3 aromatic heterocycles. The molecule has 5 heterocycles. The first kappa shape index (κ1) is 22.5. The molecule has 3 N–H and O–H groups in total. The van der Waals surface area contributed by atoms with Crippen molar-refractivity contribution in [1.82, 2.24) is 35.6 Å². The van der Waals surface area contributed by atoms with Gasteiger partial charge in [-0.05, 0) is 37.1 Å². The minimum atomic E-state index is 0.254. The molecule has 2 aliphatic rings. The van der Waals surface area contributed by atoms with Gasteiger partial charge in [-0.1, -0.05) is 30.3 Å². The number of amides is 1. The van der Waals surface area contributed by atoms with Gasteiger partial charge in [-0.3, -0.25) is 15.0 Å². The Bertz CT molecular complexity index is 1350. The van der Waals surface area contributed by atoms with E-state index in [0.29, 0.717) is 31.2 Å². The molecule has 4 aromatic rings. The predicted molar refractivity (Wildman–Crippen MR) is 141 cm³/mol. The minimum absolute atomic E-state index is 0.254. The van der Waals surface area contributed by atoms with Crippen molar-refractivity contribution in [2.24, 2.45) is 0 Å². The quantitative estimate of drug-likeness (QED) is 0.389. The molecule has 2 aliphatic heterocycles. The second kappa shape index (κ2) is 9.94. The molecule has 0 radical (unpaired) electrons. The zero-order valence-electron chi connectivity index (χ0n) is 20.2. The van der Waals surface area contributed by atoms with Crippen LogP contribution in [0.4, 0.5) is 5.69 Å². The number of fused-ring (bicyclic) bond motifs is 1. The molecule has 1 amide bonds. The molecule has 0 bridgehead atoms. The summed E-state index contributed by atoms with van der Waals surface area (Å²) in [4.78, 5) is 22.0. The average molecular weight is 483 g/mol. The van der Waals surface area contributed by atoms with Crippen LogP contribution in [0.15, 0.2) is 48.9 Å². The van der Waals surface area contributed by atoms with Crippen LogP contribution in [0.3, 0.4) is 0 Å². The Balaban J connectivity index is 1.33. The molecule has 9 heteroatoms. The highest BCUT2D eigenvalue weighted by atomic mass is 16.2. The molecule has 2 fully saturated rings. The van der Waals surface area contributed by atoms with Crippen LogP contribution in [0.2, 0.25) is 0 Å². The highest BCUT2D eigenvalue weighted by Gasteiger charge is 2.28. The van der Waals surface area contributed by atoms with E-state index in [0.717, 1.165) is 65.9 Å². The summed E-state index contributed by atoms with van der Waals surface area (Å²) in [5.41, 5.74) is 5.85. The fourth-order valence-corrected chi connectivity index (χ4v) is 5.25. The van der Waals surface area contributed by atoms with Gasteiger partial charge >= 0.3 is 0 Å². The van der Waals surface area contributed by atoms with Gasteiger partial charge in [0, 0.05) is 62.2 Å². The summed E-state index contributed by atoms with van der Waals surface area (Å²) < 4.78 is 0. The van der Waals surface area contributed by atoms with Gasteiger partial charge in [0.15, 0.2) is 5.65 Å². The summed E-state index contributed by atoms with van der Waals surface area (Å²) in [5, 5.41) is 19.0. The first-order valence-corrected chi connectivity index (χ1v) is 12.6. The van der Waals surface area contributed by atoms with Crippen molar-refractivity contribution in [3.05, 3.63) is 60.2 Å². The largest absolute Gasteiger partial charge is 0.367 e. The van der Waals surface area contributed by atoms with Crippen molar-refractivity contribution in [3.63, 3.8) is 0 Å². The van der Waals surface area contributed by atoms with Crippen LogP contribution in [0.1, 0.15) is 30.5 Å². The number of anilines is 1. The lowest BCUT2D eigenvalue weighted by molar-refractivity contribution is -0.131. The summed E-state index contributed by atoms with van der Waals surface area (Å²) in [7, 11) is 0. The molecule has 184 valence electrons. The lowest BCUT2D eigenvalue weighted by Gasteiger charge is -2.37. The molecule has 0 unspecified atom stereocenters. The first-order chi connectivity index (χ1) is 17.8. The predicted octanol–water partition coefficient (Wildman–Crippen LogP) is 3.31. The van der Waals surface area contributed by atoms with Gasteiger partial charge in [0.25, 0.3) is 0 Å². The maximum Gasteiger partial charge on any atom is 0.224 e. The number of pyridine rings is 1. The number of hydrogen-bond acceptors (Lipinski definition) is 6.